The van der Waals surface area contributed by atoms with Gasteiger partial charge in [-0.2, -0.15) is 0 Å². The van der Waals surface area contributed by atoms with Crippen molar-refractivity contribution in [3.05, 3.63) is 88.4 Å². The molecule has 0 radical (unpaired) electrons. The molecule has 1 atom stereocenters. The van der Waals surface area contributed by atoms with Crippen molar-refractivity contribution in [3.63, 3.8) is 0 Å². The first-order chi connectivity index (χ1) is 14.8. The minimum atomic E-state index is -1.86. The fraction of sp³-hybridized carbons (Fsp3) is 0.167. The minimum absolute atomic E-state index is 0.278. The number of nitrogens with one attached hydrogen (secondary N) is 1. The first kappa shape index (κ1) is 20.9. The average Bonchev–Trinajstić information content (AvgIpc) is 2.97. The number of nitrogens with zero attached hydrogens (tertiary/aromatic N) is 1. The van der Waals surface area contributed by atoms with Crippen molar-refractivity contribution in [1.29, 1.82) is 0 Å². The zero-order valence-corrected chi connectivity index (χ0v) is 17.8. The maximum atomic E-state index is 13.4. The molecule has 7 heteroatoms. The van der Waals surface area contributed by atoms with E-state index in [-0.39, 0.29) is 6.54 Å². The molecule has 3 aromatic carbocycles. The van der Waals surface area contributed by atoms with Crippen molar-refractivity contribution < 1.29 is 19.4 Å². The van der Waals surface area contributed by atoms with E-state index < -0.39 is 17.4 Å². The van der Waals surface area contributed by atoms with Gasteiger partial charge in [0.05, 0.1) is 18.5 Å². The number of hydrogen-bond acceptors (Lipinski definition) is 4. The van der Waals surface area contributed by atoms with E-state index in [1.807, 2.05) is 13.0 Å². The molecule has 0 bridgehead atoms. The molecule has 0 aromatic heterocycles. The first-order valence-electron chi connectivity index (χ1n) is 9.69. The molecule has 0 saturated heterocycles. The Morgan fingerprint density at radius 3 is 2.65 bits per heavy atom. The van der Waals surface area contributed by atoms with E-state index in [0.29, 0.717) is 33.3 Å². The predicted molar refractivity (Wildman–Crippen MR) is 120 cm³/mol. The Morgan fingerprint density at radius 1 is 1.13 bits per heavy atom. The van der Waals surface area contributed by atoms with E-state index in [1.165, 1.54) is 12.0 Å². The molecule has 1 heterocycles. The van der Waals surface area contributed by atoms with Gasteiger partial charge in [0.1, 0.15) is 12.3 Å². The van der Waals surface area contributed by atoms with Gasteiger partial charge in [-0.25, -0.2) is 0 Å². The lowest BCUT2D eigenvalue weighted by molar-refractivity contribution is -0.133. The van der Waals surface area contributed by atoms with Crippen LogP contribution in [0.5, 0.6) is 5.75 Å². The summed E-state index contributed by atoms with van der Waals surface area (Å²) in [6.45, 7) is 1.61. The van der Waals surface area contributed by atoms with Crippen molar-refractivity contribution in [1.82, 2.24) is 0 Å². The number of halogens is 1. The molecule has 0 fully saturated rings. The van der Waals surface area contributed by atoms with Crippen LogP contribution in [0.1, 0.15) is 16.7 Å². The molecule has 2 N–H and O–H groups in total. The maximum absolute atomic E-state index is 13.4. The summed E-state index contributed by atoms with van der Waals surface area (Å²) in [4.78, 5) is 27.5. The number of ether oxygens (including phenoxy) is 1. The van der Waals surface area contributed by atoms with Gasteiger partial charge in [-0.15, -0.1) is 0 Å². The highest BCUT2D eigenvalue weighted by Crippen LogP contribution is 2.44. The average molecular weight is 437 g/mol. The molecule has 31 heavy (non-hydrogen) atoms. The molecule has 4 rings (SSSR count). The lowest BCUT2D eigenvalue weighted by atomic mass is 9.87. The molecule has 0 aliphatic carbocycles. The molecule has 6 nitrogen and oxygen atoms in total. The van der Waals surface area contributed by atoms with Crippen LogP contribution in [0, 0.1) is 6.92 Å². The second-order valence-electron chi connectivity index (χ2n) is 7.38. The normalized spacial score (nSPS) is 17.4. The quantitative estimate of drug-likeness (QED) is 0.636. The van der Waals surface area contributed by atoms with Crippen molar-refractivity contribution in [2.75, 3.05) is 23.9 Å². The topological polar surface area (TPSA) is 78.9 Å². The molecule has 2 amide bonds. The van der Waals surface area contributed by atoms with Crippen LogP contribution in [-0.4, -0.2) is 30.6 Å². The van der Waals surface area contributed by atoms with Gasteiger partial charge < -0.3 is 15.2 Å². The van der Waals surface area contributed by atoms with E-state index in [2.05, 4.69) is 5.32 Å². The standard InChI is InChI=1S/C24H21ClN2O4/c1-15-6-5-7-16(12-15)24(30)18-8-3-4-9-20(18)27(23(24)29)14-22(28)26-19-13-17(25)10-11-21(19)31-2/h3-13,30H,14H2,1-2H3,(H,26,28)/t24-/m0/s1. The van der Waals surface area contributed by atoms with Gasteiger partial charge in [0, 0.05) is 10.6 Å². The molecular weight excluding hydrogens is 416 g/mol. The molecule has 3 aromatic rings. The lowest BCUT2D eigenvalue weighted by Gasteiger charge is -2.24. The van der Waals surface area contributed by atoms with E-state index in [0.717, 1.165) is 5.56 Å². The molecule has 0 saturated carbocycles. The number of hydrogen-bond donors (Lipinski definition) is 2. The van der Waals surface area contributed by atoms with Gasteiger partial charge in [0.15, 0.2) is 5.60 Å². The third kappa shape index (κ3) is 3.65. The van der Waals surface area contributed by atoms with Crippen molar-refractivity contribution in [3.8, 4) is 5.75 Å². The highest BCUT2D eigenvalue weighted by molar-refractivity contribution is 6.31. The van der Waals surface area contributed by atoms with Gasteiger partial charge >= 0.3 is 0 Å². The zero-order valence-electron chi connectivity index (χ0n) is 17.1. The number of para-hydroxylation sites is 1. The lowest BCUT2D eigenvalue weighted by Crippen LogP contribution is -2.44. The van der Waals surface area contributed by atoms with Crippen molar-refractivity contribution in [2.24, 2.45) is 0 Å². The third-order valence-corrected chi connectivity index (χ3v) is 5.55. The number of methoxy groups -OCH3 is 1. The fourth-order valence-corrected chi connectivity index (χ4v) is 4.02. The number of carbonyl (C=O) groups excluding carboxylic acids is 2. The summed E-state index contributed by atoms with van der Waals surface area (Å²) in [6, 6.07) is 19.0. The number of anilines is 2. The van der Waals surface area contributed by atoms with Crippen LogP contribution in [0.3, 0.4) is 0 Å². The summed E-state index contributed by atoms with van der Waals surface area (Å²) < 4.78 is 5.26. The molecule has 1 aliphatic heterocycles. The second kappa shape index (κ2) is 8.06. The minimum Gasteiger partial charge on any atom is -0.495 e. The predicted octanol–water partition coefficient (Wildman–Crippen LogP) is 3.88. The van der Waals surface area contributed by atoms with Crippen LogP contribution in [0.25, 0.3) is 0 Å². The van der Waals surface area contributed by atoms with Gasteiger partial charge in [-0.3, -0.25) is 14.5 Å². The Hall–Kier alpha value is -3.35. The number of fused-ring (bicyclic) bond motifs is 1. The summed E-state index contributed by atoms with van der Waals surface area (Å²) in [5.41, 5.74) is 0.846. The Kier molecular flexibility index (Phi) is 5.43. The number of carbonyl (C=O) groups is 2. The zero-order chi connectivity index (χ0) is 22.2. The summed E-state index contributed by atoms with van der Waals surface area (Å²) in [7, 11) is 1.49. The van der Waals surface area contributed by atoms with Gasteiger partial charge in [-0.05, 0) is 36.8 Å². The van der Waals surface area contributed by atoms with Crippen molar-refractivity contribution in [2.45, 2.75) is 12.5 Å². The van der Waals surface area contributed by atoms with E-state index in [9.17, 15) is 14.7 Å². The monoisotopic (exact) mass is 436 g/mol. The van der Waals surface area contributed by atoms with Crippen LogP contribution in [0.4, 0.5) is 11.4 Å². The fourth-order valence-electron chi connectivity index (χ4n) is 3.85. The molecule has 158 valence electrons. The van der Waals surface area contributed by atoms with Crippen LogP contribution < -0.4 is 15.0 Å². The molecule has 1 aliphatic rings. The Labute approximate surface area is 185 Å². The van der Waals surface area contributed by atoms with E-state index in [1.54, 1.807) is 60.7 Å². The number of rotatable bonds is 5. The first-order valence-corrected chi connectivity index (χ1v) is 10.1. The summed E-state index contributed by atoms with van der Waals surface area (Å²) in [5.74, 6) is -0.577. The Bertz CT molecular complexity index is 1180. The highest BCUT2D eigenvalue weighted by Gasteiger charge is 2.51. The number of benzene rings is 3. The van der Waals surface area contributed by atoms with E-state index >= 15 is 0 Å². The highest BCUT2D eigenvalue weighted by atomic mass is 35.5. The van der Waals surface area contributed by atoms with Gasteiger partial charge in [0.25, 0.3) is 5.91 Å². The van der Waals surface area contributed by atoms with E-state index in [4.69, 9.17) is 16.3 Å². The summed E-state index contributed by atoms with van der Waals surface area (Å²) in [6.07, 6.45) is 0. The van der Waals surface area contributed by atoms with Crippen molar-refractivity contribution >= 4 is 34.8 Å². The van der Waals surface area contributed by atoms with Crippen LogP contribution in [0.2, 0.25) is 5.02 Å². The Balaban J connectivity index is 1.66. The number of amides is 2. The van der Waals surface area contributed by atoms with Gasteiger partial charge in [0.2, 0.25) is 5.91 Å². The molecular formula is C24H21ClN2O4. The molecule has 0 spiro atoms. The van der Waals surface area contributed by atoms with Gasteiger partial charge in [-0.1, -0.05) is 59.6 Å². The largest absolute Gasteiger partial charge is 0.495 e. The Morgan fingerprint density at radius 2 is 1.90 bits per heavy atom. The second-order valence-corrected chi connectivity index (χ2v) is 7.82. The SMILES string of the molecule is COc1ccc(Cl)cc1NC(=O)CN1C(=O)[C@](O)(c2cccc(C)c2)c2ccccc21. The smallest absolute Gasteiger partial charge is 0.268 e. The van der Waals surface area contributed by atoms with Crippen LogP contribution in [-0.2, 0) is 15.2 Å². The van der Waals surface area contributed by atoms with Crippen LogP contribution >= 0.6 is 11.6 Å². The number of aliphatic hydroxyl groups is 1. The third-order valence-electron chi connectivity index (χ3n) is 5.31. The summed E-state index contributed by atoms with van der Waals surface area (Å²) >= 11 is 6.03. The molecule has 0 unspecified atom stereocenters. The van der Waals surface area contributed by atoms with Crippen LogP contribution in [0.15, 0.2) is 66.7 Å². The number of aryl methyl sites for hydroxylation is 1. The maximum Gasteiger partial charge on any atom is 0.268 e. The summed E-state index contributed by atoms with van der Waals surface area (Å²) in [5, 5.41) is 14.7.